The van der Waals surface area contributed by atoms with Gasteiger partial charge in [-0.3, -0.25) is 9.59 Å². The molecule has 0 aliphatic heterocycles. The van der Waals surface area contributed by atoms with Crippen LogP contribution in [-0.4, -0.2) is 29.8 Å². The van der Waals surface area contributed by atoms with E-state index < -0.39 is 23.1 Å². The Balaban J connectivity index is 2.50. The lowest BCUT2D eigenvalue weighted by atomic mass is 9.97. The Morgan fingerprint density at radius 2 is 1.67 bits per heavy atom. The third-order valence-corrected chi connectivity index (χ3v) is 3.56. The zero-order valence-corrected chi connectivity index (χ0v) is 13.4. The molecule has 0 atom stereocenters. The second kappa shape index (κ2) is 7.57. The van der Waals surface area contributed by atoms with Crippen LogP contribution in [0.3, 0.4) is 0 Å². The lowest BCUT2D eigenvalue weighted by Crippen LogP contribution is -2.21. The molecule has 0 aromatic heterocycles. The molecule has 0 unspecified atom stereocenters. The first-order valence-electron chi connectivity index (χ1n) is 6.86. The molecule has 0 bridgehead atoms. The van der Waals surface area contributed by atoms with Crippen molar-refractivity contribution in [2.45, 2.75) is 0 Å². The maximum absolute atomic E-state index is 12.6. The summed E-state index contributed by atoms with van der Waals surface area (Å²) in [6.07, 6.45) is 1.22. The van der Waals surface area contributed by atoms with Gasteiger partial charge in [0.1, 0.15) is 5.75 Å². The van der Waals surface area contributed by atoms with Gasteiger partial charge >= 0.3 is 5.97 Å². The van der Waals surface area contributed by atoms with Crippen LogP contribution in [0.1, 0.15) is 15.9 Å². The van der Waals surface area contributed by atoms with Gasteiger partial charge in [0.25, 0.3) is 5.78 Å². The summed E-state index contributed by atoms with van der Waals surface area (Å²) in [6.45, 7) is 0. The van der Waals surface area contributed by atoms with Crippen LogP contribution < -0.4 is 4.74 Å². The molecule has 2 aromatic rings. The zero-order valence-electron chi connectivity index (χ0n) is 12.7. The standard InChI is InChI=1S/C18H13ClO5/c1-24-12-8-6-11(7-9-12)10-14(17(21)18(22)23)16(20)13-4-2-3-5-15(13)19/h2-10H,1H3,(H,22,23)/b14-10+. The number of hydrogen-bond donors (Lipinski definition) is 1. The third kappa shape index (κ3) is 3.88. The van der Waals surface area contributed by atoms with Crippen LogP contribution in [-0.2, 0) is 9.59 Å². The highest BCUT2D eigenvalue weighted by Crippen LogP contribution is 2.21. The maximum atomic E-state index is 12.6. The Morgan fingerprint density at radius 1 is 1.04 bits per heavy atom. The number of halogens is 1. The molecular formula is C18H13ClO5. The molecule has 0 amide bonds. The number of carbonyl (C=O) groups excluding carboxylic acids is 2. The van der Waals surface area contributed by atoms with Crippen molar-refractivity contribution in [3.05, 3.63) is 70.3 Å². The molecule has 0 saturated carbocycles. The van der Waals surface area contributed by atoms with E-state index in [0.29, 0.717) is 11.3 Å². The second-order valence-electron chi connectivity index (χ2n) is 4.77. The molecule has 0 aliphatic rings. The Hall–Kier alpha value is -2.92. The van der Waals surface area contributed by atoms with Gasteiger partial charge in [0.2, 0.25) is 0 Å². The first kappa shape index (κ1) is 17.4. The van der Waals surface area contributed by atoms with Crippen molar-refractivity contribution in [1.82, 2.24) is 0 Å². The van der Waals surface area contributed by atoms with Gasteiger partial charge < -0.3 is 9.84 Å². The fraction of sp³-hybridized carbons (Fsp3) is 0.0556. The summed E-state index contributed by atoms with van der Waals surface area (Å²) in [6, 6.07) is 12.6. The predicted molar refractivity (Wildman–Crippen MR) is 89.4 cm³/mol. The number of aliphatic carboxylic acids is 1. The predicted octanol–water partition coefficient (Wildman–Crippen LogP) is 3.27. The van der Waals surface area contributed by atoms with Crippen molar-refractivity contribution in [3.8, 4) is 5.75 Å². The number of rotatable bonds is 6. The summed E-state index contributed by atoms with van der Waals surface area (Å²) >= 11 is 5.97. The Labute approximate surface area is 143 Å². The number of Topliss-reactive ketones (excluding diaryl/α,β-unsaturated/α-hetero) is 2. The summed E-state index contributed by atoms with van der Waals surface area (Å²) in [5, 5.41) is 9.12. The van der Waals surface area contributed by atoms with E-state index in [9.17, 15) is 14.4 Å². The number of methoxy groups -OCH3 is 1. The van der Waals surface area contributed by atoms with E-state index in [-0.39, 0.29) is 10.6 Å². The largest absolute Gasteiger partial charge is 0.497 e. The highest BCUT2D eigenvalue weighted by molar-refractivity contribution is 6.50. The number of hydrogen-bond acceptors (Lipinski definition) is 4. The van der Waals surface area contributed by atoms with Crippen LogP contribution in [0.15, 0.2) is 54.1 Å². The first-order chi connectivity index (χ1) is 11.4. The Morgan fingerprint density at radius 3 is 2.21 bits per heavy atom. The second-order valence-corrected chi connectivity index (χ2v) is 5.18. The van der Waals surface area contributed by atoms with Crippen molar-refractivity contribution in [2.24, 2.45) is 0 Å². The van der Waals surface area contributed by atoms with Gasteiger partial charge in [0.15, 0.2) is 5.78 Å². The molecule has 0 aliphatic carbocycles. The van der Waals surface area contributed by atoms with E-state index in [4.69, 9.17) is 21.4 Å². The van der Waals surface area contributed by atoms with Crippen LogP contribution in [0, 0.1) is 0 Å². The van der Waals surface area contributed by atoms with Crippen molar-refractivity contribution in [3.63, 3.8) is 0 Å². The number of carboxylic acids is 1. The molecule has 6 heteroatoms. The summed E-state index contributed by atoms with van der Waals surface area (Å²) in [7, 11) is 1.51. The molecule has 0 radical (unpaired) electrons. The van der Waals surface area contributed by atoms with Gasteiger partial charge in [-0.1, -0.05) is 35.9 Å². The number of benzene rings is 2. The Kier molecular flexibility index (Phi) is 5.50. The number of ether oxygens (including phenoxy) is 1. The third-order valence-electron chi connectivity index (χ3n) is 3.23. The van der Waals surface area contributed by atoms with E-state index in [2.05, 4.69) is 0 Å². The van der Waals surface area contributed by atoms with Gasteiger partial charge in [-0.25, -0.2) is 4.79 Å². The monoisotopic (exact) mass is 344 g/mol. The maximum Gasteiger partial charge on any atom is 0.377 e. The smallest absolute Gasteiger partial charge is 0.377 e. The topological polar surface area (TPSA) is 80.7 Å². The van der Waals surface area contributed by atoms with Crippen molar-refractivity contribution >= 4 is 35.2 Å². The van der Waals surface area contributed by atoms with Crippen molar-refractivity contribution in [1.29, 1.82) is 0 Å². The van der Waals surface area contributed by atoms with E-state index in [1.807, 2.05) is 0 Å². The van der Waals surface area contributed by atoms with E-state index in [0.717, 1.165) is 0 Å². The van der Waals surface area contributed by atoms with Gasteiger partial charge in [-0.05, 0) is 35.9 Å². The normalized spacial score (nSPS) is 11.0. The summed E-state index contributed by atoms with van der Waals surface area (Å²) in [5.74, 6) is -3.16. The van der Waals surface area contributed by atoms with Crippen molar-refractivity contribution < 1.29 is 24.2 Å². The summed E-state index contributed by atoms with van der Waals surface area (Å²) in [4.78, 5) is 35.6. The lowest BCUT2D eigenvalue weighted by molar-refractivity contribution is -0.147. The summed E-state index contributed by atoms with van der Waals surface area (Å²) < 4.78 is 5.03. The van der Waals surface area contributed by atoms with E-state index in [1.54, 1.807) is 36.4 Å². The zero-order chi connectivity index (χ0) is 17.7. The molecule has 0 spiro atoms. The minimum Gasteiger partial charge on any atom is -0.497 e. The van der Waals surface area contributed by atoms with Gasteiger partial charge in [-0.15, -0.1) is 0 Å². The molecule has 24 heavy (non-hydrogen) atoms. The highest BCUT2D eigenvalue weighted by atomic mass is 35.5. The molecular weight excluding hydrogens is 332 g/mol. The van der Waals surface area contributed by atoms with Crippen LogP contribution in [0.25, 0.3) is 6.08 Å². The minimum absolute atomic E-state index is 0.0635. The fourth-order valence-electron chi connectivity index (χ4n) is 2.01. The highest BCUT2D eigenvalue weighted by Gasteiger charge is 2.26. The molecule has 0 heterocycles. The fourth-order valence-corrected chi connectivity index (χ4v) is 2.23. The number of ketones is 2. The number of carbonyl (C=O) groups is 3. The first-order valence-corrected chi connectivity index (χ1v) is 7.24. The van der Waals surface area contributed by atoms with Gasteiger partial charge in [0.05, 0.1) is 17.7 Å². The average molecular weight is 345 g/mol. The van der Waals surface area contributed by atoms with Crippen molar-refractivity contribution in [2.75, 3.05) is 7.11 Å². The lowest BCUT2D eigenvalue weighted by Gasteiger charge is -2.06. The molecule has 2 aromatic carbocycles. The van der Waals surface area contributed by atoms with Gasteiger partial charge in [0, 0.05) is 5.56 Å². The molecule has 2 rings (SSSR count). The quantitative estimate of drug-likeness (QED) is 0.286. The van der Waals surface area contributed by atoms with Crippen LogP contribution in [0.2, 0.25) is 5.02 Å². The number of carboxylic acid groups (broad SMARTS) is 1. The SMILES string of the molecule is COc1ccc(/C=C(/C(=O)C(=O)O)C(=O)c2ccccc2Cl)cc1. The molecule has 0 fully saturated rings. The molecule has 1 N–H and O–H groups in total. The van der Waals surface area contributed by atoms with Crippen LogP contribution >= 0.6 is 11.6 Å². The van der Waals surface area contributed by atoms with E-state index in [1.165, 1.54) is 25.3 Å². The Bertz CT molecular complexity index is 822. The van der Waals surface area contributed by atoms with E-state index >= 15 is 0 Å². The average Bonchev–Trinajstić information content (AvgIpc) is 2.59. The van der Waals surface area contributed by atoms with Gasteiger partial charge in [-0.2, -0.15) is 0 Å². The molecule has 0 saturated heterocycles. The summed E-state index contributed by atoms with van der Waals surface area (Å²) in [5.41, 5.74) is 0.0788. The molecule has 122 valence electrons. The minimum atomic E-state index is -1.71. The molecule has 5 nitrogen and oxygen atoms in total. The van der Waals surface area contributed by atoms with Crippen LogP contribution in [0.5, 0.6) is 5.75 Å². The van der Waals surface area contributed by atoms with Crippen LogP contribution in [0.4, 0.5) is 0 Å².